The quantitative estimate of drug-likeness (QED) is 0.447. The number of nitrogens with zero attached hydrogens (tertiary/aromatic N) is 2. The molecule has 6 rings (SSSR count). The minimum Gasteiger partial charge on any atom is -0.359 e. The largest absolute Gasteiger partial charge is 0.359 e. The molecule has 1 aliphatic carbocycles. The van der Waals surface area contributed by atoms with Crippen LogP contribution in [-0.4, -0.2) is 77.5 Å². The number of fused-ring (bicyclic) bond motifs is 1. The maximum absolute atomic E-state index is 14.2. The fourth-order valence-corrected chi connectivity index (χ4v) is 8.09. The van der Waals surface area contributed by atoms with E-state index in [2.05, 4.69) is 29.4 Å². The van der Waals surface area contributed by atoms with Gasteiger partial charge in [-0.25, -0.2) is 0 Å². The van der Waals surface area contributed by atoms with E-state index in [4.69, 9.17) is 16.3 Å². The van der Waals surface area contributed by atoms with Crippen molar-refractivity contribution in [2.45, 2.75) is 82.6 Å². The number of ether oxygens (including phenoxy) is 1. The summed E-state index contributed by atoms with van der Waals surface area (Å²) in [6, 6.07) is 6.19. The SMILES string of the molecule is C[C@@H]1[C@H](C)CCC[C@@H]1NC(=O)[C@@H]1N(CCCN2CCCCC2)C(=O)[C@@H]2[C@H](C(=O)Nc3ccc(Cl)cc3)[C@@H]3C=C[C@]21O3. The van der Waals surface area contributed by atoms with Crippen LogP contribution in [0.3, 0.4) is 0 Å². The summed E-state index contributed by atoms with van der Waals surface area (Å²) < 4.78 is 6.52. The molecule has 9 heteroatoms. The van der Waals surface area contributed by atoms with Crippen molar-refractivity contribution >= 4 is 35.0 Å². The highest BCUT2D eigenvalue weighted by Crippen LogP contribution is 2.55. The molecule has 8 nitrogen and oxygen atoms in total. The highest BCUT2D eigenvalue weighted by Gasteiger charge is 2.72. The minimum absolute atomic E-state index is 0.0681. The first-order valence-corrected chi connectivity index (χ1v) is 15.9. The van der Waals surface area contributed by atoms with Crippen molar-refractivity contribution < 1.29 is 19.1 Å². The summed E-state index contributed by atoms with van der Waals surface area (Å²) in [6.07, 6.45) is 10.9. The summed E-state index contributed by atoms with van der Waals surface area (Å²) in [5.41, 5.74) is -0.526. The lowest BCUT2D eigenvalue weighted by molar-refractivity contribution is -0.141. The maximum Gasteiger partial charge on any atom is 0.246 e. The van der Waals surface area contributed by atoms with Gasteiger partial charge in [-0.05, 0) is 81.4 Å². The lowest BCUT2D eigenvalue weighted by Gasteiger charge is -2.38. The maximum atomic E-state index is 14.2. The van der Waals surface area contributed by atoms with Crippen LogP contribution in [0, 0.1) is 23.7 Å². The zero-order valence-electron chi connectivity index (χ0n) is 24.2. The van der Waals surface area contributed by atoms with E-state index in [-0.39, 0.29) is 23.8 Å². The van der Waals surface area contributed by atoms with Crippen molar-refractivity contribution in [2.24, 2.45) is 23.7 Å². The summed E-state index contributed by atoms with van der Waals surface area (Å²) in [5, 5.41) is 6.88. The van der Waals surface area contributed by atoms with E-state index in [1.165, 1.54) is 25.7 Å². The first-order chi connectivity index (χ1) is 19.8. The Morgan fingerprint density at radius 3 is 2.54 bits per heavy atom. The number of hydrogen-bond donors (Lipinski definition) is 2. The molecule has 1 aromatic rings. The highest BCUT2D eigenvalue weighted by atomic mass is 35.5. The summed E-state index contributed by atoms with van der Waals surface area (Å²) in [5.74, 6) is -1.14. The Morgan fingerprint density at radius 2 is 1.78 bits per heavy atom. The van der Waals surface area contributed by atoms with E-state index in [0.29, 0.717) is 29.1 Å². The number of anilines is 1. The molecule has 4 heterocycles. The van der Waals surface area contributed by atoms with Crippen molar-refractivity contribution in [2.75, 3.05) is 31.5 Å². The Hall–Kier alpha value is -2.42. The van der Waals surface area contributed by atoms with Crippen LogP contribution < -0.4 is 10.6 Å². The van der Waals surface area contributed by atoms with E-state index in [9.17, 15) is 14.4 Å². The number of likely N-dealkylation sites (tertiary alicyclic amines) is 2. The second-order valence-corrected chi connectivity index (χ2v) is 13.3. The molecule has 1 spiro atoms. The summed E-state index contributed by atoms with van der Waals surface area (Å²) >= 11 is 6.02. The third-order valence-corrected chi connectivity index (χ3v) is 10.6. The van der Waals surface area contributed by atoms with Gasteiger partial charge in [0.15, 0.2) is 0 Å². The van der Waals surface area contributed by atoms with Crippen molar-refractivity contribution in [1.82, 2.24) is 15.1 Å². The summed E-state index contributed by atoms with van der Waals surface area (Å²) in [7, 11) is 0. The summed E-state index contributed by atoms with van der Waals surface area (Å²) in [6.45, 7) is 7.99. The fraction of sp³-hybridized carbons (Fsp3) is 0.656. The van der Waals surface area contributed by atoms with E-state index in [0.717, 1.165) is 38.9 Å². The van der Waals surface area contributed by atoms with Gasteiger partial charge in [-0.2, -0.15) is 0 Å². The van der Waals surface area contributed by atoms with E-state index < -0.39 is 29.6 Å². The predicted octanol–water partition coefficient (Wildman–Crippen LogP) is 4.25. The Bertz CT molecular complexity index is 1180. The molecule has 8 atom stereocenters. The predicted molar refractivity (Wildman–Crippen MR) is 158 cm³/mol. The molecule has 4 fully saturated rings. The fourth-order valence-electron chi connectivity index (χ4n) is 7.96. The lowest BCUT2D eigenvalue weighted by Crippen LogP contribution is -2.58. The number of benzene rings is 1. The van der Waals surface area contributed by atoms with Crippen LogP contribution in [0.25, 0.3) is 0 Å². The molecule has 0 unspecified atom stereocenters. The molecule has 1 saturated carbocycles. The van der Waals surface area contributed by atoms with Crippen LogP contribution in [0.2, 0.25) is 5.02 Å². The number of carbonyl (C=O) groups excluding carboxylic acids is 3. The smallest absolute Gasteiger partial charge is 0.246 e. The molecule has 222 valence electrons. The van der Waals surface area contributed by atoms with Gasteiger partial charge in [-0.3, -0.25) is 14.4 Å². The molecular formula is C32H43ClN4O4. The van der Waals surface area contributed by atoms with Gasteiger partial charge in [0.2, 0.25) is 17.7 Å². The van der Waals surface area contributed by atoms with E-state index in [1.54, 1.807) is 29.2 Å². The van der Waals surface area contributed by atoms with Crippen LogP contribution in [0.4, 0.5) is 5.69 Å². The number of amides is 3. The zero-order chi connectivity index (χ0) is 28.7. The molecule has 3 amide bonds. The number of halogens is 1. The number of rotatable bonds is 8. The average Bonchev–Trinajstić information content (AvgIpc) is 3.60. The van der Waals surface area contributed by atoms with Crippen molar-refractivity contribution in [1.29, 1.82) is 0 Å². The van der Waals surface area contributed by atoms with Gasteiger partial charge in [-0.1, -0.05) is 56.9 Å². The van der Waals surface area contributed by atoms with Gasteiger partial charge in [0.25, 0.3) is 0 Å². The topological polar surface area (TPSA) is 91.0 Å². The van der Waals surface area contributed by atoms with Gasteiger partial charge >= 0.3 is 0 Å². The highest BCUT2D eigenvalue weighted by molar-refractivity contribution is 6.30. The van der Waals surface area contributed by atoms with Crippen LogP contribution in [0.5, 0.6) is 0 Å². The monoisotopic (exact) mass is 582 g/mol. The number of nitrogens with one attached hydrogen (secondary N) is 2. The molecule has 0 radical (unpaired) electrons. The second-order valence-electron chi connectivity index (χ2n) is 12.9. The second kappa shape index (κ2) is 11.7. The molecule has 1 aromatic carbocycles. The van der Waals surface area contributed by atoms with Gasteiger partial charge < -0.3 is 25.2 Å². The zero-order valence-corrected chi connectivity index (χ0v) is 24.9. The molecule has 0 aromatic heterocycles. The van der Waals surface area contributed by atoms with Crippen LogP contribution in [0.15, 0.2) is 36.4 Å². The molecular weight excluding hydrogens is 540 g/mol. The van der Waals surface area contributed by atoms with Crippen LogP contribution in [-0.2, 0) is 19.1 Å². The number of carbonyl (C=O) groups is 3. The van der Waals surface area contributed by atoms with Gasteiger partial charge in [0.05, 0.1) is 17.9 Å². The first-order valence-electron chi connectivity index (χ1n) is 15.6. The van der Waals surface area contributed by atoms with Crippen LogP contribution in [0.1, 0.15) is 58.8 Å². The normalized spacial score (nSPS) is 36.4. The van der Waals surface area contributed by atoms with E-state index in [1.807, 2.05) is 12.2 Å². The molecule has 2 bridgehead atoms. The van der Waals surface area contributed by atoms with E-state index >= 15 is 0 Å². The molecule has 41 heavy (non-hydrogen) atoms. The van der Waals surface area contributed by atoms with Crippen LogP contribution >= 0.6 is 11.6 Å². The van der Waals surface area contributed by atoms with Crippen molar-refractivity contribution in [3.05, 3.63) is 41.4 Å². The van der Waals surface area contributed by atoms with Gasteiger partial charge in [0.1, 0.15) is 11.6 Å². The first kappa shape index (κ1) is 28.7. The Labute approximate surface area is 248 Å². The third-order valence-electron chi connectivity index (χ3n) is 10.4. The molecule has 5 aliphatic rings. The molecule has 2 N–H and O–H groups in total. The van der Waals surface area contributed by atoms with Gasteiger partial charge in [0, 0.05) is 23.3 Å². The summed E-state index contributed by atoms with van der Waals surface area (Å²) in [4.78, 5) is 46.2. The Balaban J connectivity index is 1.24. The Kier molecular flexibility index (Phi) is 8.18. The van der Waals surface area contributed by atoms with Crippen molar-refractivity contribution in [3.8, 4) is 0 Å². The molecule has 3 saturated heterocycles. The molecule has 4 aliphatic heterocycles. The number of piperidine rings is 1. The minimum atomic E-state index is -1.14. The standard InChI is InChI=1S/C32H43ClN4O4/c1-20-8-6-9-24(21(20)2)35-30(39)28-32-15-14-25(41-32)26(29(38)34-23-12-10-22(33)11-13-23)27(32)31(40)37(28)19-7-18-36-16-4-3-5-17-36/h10-15,20-21,24-28H,3-9,16-19H2,1-2H3,(H,34,38)(H,35,39)/t20-,21-,24+,25+,26-,27+,28+,32+/m1/s1. The third kappa shape index (κ3) is 5.32. The average molecular weight is 583 g/mol. The number of hydrogen-bond acceptors (Lipinski definition) is 5. The lowest BCUT2D eigenvalue weighted by atomic mass is 9.73. The van der Waals surface area contributed by atoms with Crippen molar-refractivity contribution in [3.63, 3.8) is 0 Å². The Morgan fingerprint density at radius 1 is 1.02 bits per heavy atom. The van der Waals surface area contributed by atoms with Gasteiger partial charge in [-0.15, -0.1) is 0 Å².